The number of aryl methyl sites for hydroxylation is 2. The number of ether oxygens (including phenoxy) is 1. The molecule has 1 amide bonds. The van der Waals surface area contributed by atoms with E-state index in [9.17, 15) is 9.59 Å². The zero-order chi connectivity index (χ0) is 19.4. The van der Waals surface area contributed by atoms with Gasteiger partial charge in [0.15, 0.2) is 0 Å². The maximum Gasteiger partial charge on any atom is 0.266 e. The second kappa shape index (κ2) is 8.07. The minimum Gasteiger partial charge on any atom is -0.495 e. The summed E-state index contributed by atoms with van der Waals surface area (Å²) in [5.74, 6) is 0.283. The fourth-order valence-corrected chi connectivity index (χ4v) is 2.96. The van der Waals surface area contributed by atoms with Crippen LogP contribution >= 0.6 is 11.6 Å². The zero-order valence-corrected chi connectivity index (χ0v) is 15.9. The highest BCUT2D eigenvalue weighted by Crippen LogP contribution is 2.31. The Morgan fingerprint density at radius 3 is 2.65 bits per heavy atom. The van der Waals surface area contributed by atoms with Crippen molar-refractivity contribution in [2.45, 2.75) is 33.6 Å². The number of carbonyl (C=O) groups excluding carboxylic acids is 1. The average Bonchev–Trinajstić information content (AvgIpc) is 2.57. The predicted molar refractivity (Wildman–Crippen MR) is 101 cm³/mol. The molecule has 2 N–H and O–H groups in total. The summed E-state index contributed by atoms with van der Waals surface area (Å²) in [7, 11) is 1.51. The fraction of sp³-hybridized carbons (Fsp3) is 0.316. The van der Waals surface area contributed by atoms with Gasteiger partial charge < -0.3 is 15.0 Å². The number of amides is 1. The van der Waals surface area contributed by atoms with Crippen LogP contribution in [-0.2, 0) is 11.2 Å². The minimum absolute atomic E-state index is 0.0843. The van der Waals surface area contributed by atoms with Gasteiger partial charge in [0.25, 0.3) is 5.56 Å². The average molecular weight is 374 g/mol. The van der Waals surface area contributed by atoms with Crippen LogP contribution in [0.3, 0.4) is 0 Å². The summed E-state index contributed by atoms with van der Waals surface area (Å²) in [6, 6.07) is 5.32. The Kier molecular flexibility index (Phi) is 6.06. The molecule has 0 atom stereocenters. The Balaban J connectivity index is 2.17. The number of anilines is 1. The van der Waals surface area contributed by atoms with E-state index in [0.717, 1.165) is 11.1 Å². The highest BCUT2D eigenvalue weighted by molar-refractivity contribution is 6.31. The van der Waals surface area contributed by atoms with Crippen LogP contribution < -0.4 is 15.6 Å². The van der Waals surface area contributed by atoms with Gasteiger partial charge in [0.1, 0.15) is 17.4 Å². The first-order valence-electron chi connectivity index (χ1n) is 8.05. The zero-order valence-electron chi connectivity index (χ0n) is 15.1. The van der Waals surface area contributed by atoms with Gasteiger partial charge in [-0.05, 0) is 49.9 Å². The molecule has 0 radical (unpaired) electrons. The Labute approximate surface area is 156 Å². The van der Waals surface area contributed by atoms with Crippen molar-refractivity contribution in [2.75, 3.05) is 12.4 Å². The molecule has 2 aromatic rings. The number of benzene rings is 1. The number of nitriles is 1. The number of hydrogen-bond acceptors (Lipinski definition) is 4. The second-order valence-corrected chi connectivity index (χ2v) is 6.43. The summed E-state index contributed by atoms with van der Waals surface area (Å²) in [5.41, 5.74) is 3.13. The van der Waals surface area contributed by atoms with E-state index < -0.39 is 5.56 Å². The molecule has 1 aromatic heterocycles. The summed E-state index contributed by atoms with van der Waals surface area (Å²) in [4.78, 5) is 26.8. The molecular weight excluding hydrogens is 354 g/mol. The molecular formula is C19H20ClN3O3. The number of halogens is 1. The quantitative estimate of drug-likeness (QED) is 0.839. The van der Waals surface area contributed by atoms with Crippen molar-refractivity contribution in [2.24, 2.45) is 0 Å². The molecule has 0 saturated heterocycles. The summed E-state index contributed by atoms with van der Waals surface area (Å²) in [5, 5.41) is 12.5. The van der Waals surface area contributed by atoms with Crippen molar-refractivity contribution in [3.05, 3.63) is 55.5 Å². The molecule has 6 nitrogen and oxygen atoms in total. The van der Waals surface area contributed by atoms with Crippen LogP contribution in [0.25, 0.3) is 0 Å². The number of nitrogens with zero attached hydrogens (tertiary/aromatic N) is 1. The van der Waals surface area contributed by atoms with Crippen molar-refractivity contribution < 1.29 is 9.53 Å². The Bertz CT molecular complexity index is 958. The van der Waals surface area contributed by atoms with Gasteiger partial charge in [0.2, 0.25) is 5.91 Å². The number of pyridine rings is 1. The maximum absolute atomic E-state index is 12.4. The number of carbonyl (C=O) groups is 1. The van der Waals surface area contributed by atoms with E-state index >= 15 is 0 Å². The SMILES string of the molecule is COc1cc(Cl)c(C)cc1NC(=O)CCc1c(C)[nH]c(=O)c(C#N)c1C. The van der Waals surface area contributed by atoms with E-state index in [1.807, 2.05) is 13.0 Å². The van der Waals surface area contributed by atoms with Gasteiger partial charge in [-0.15, -0.1) is 0 Å². The molecule has 1 aromatic carbocycles. The number of nitrogens with one attached hydrogen (secondary N) is 2. The van der Waals surface area contributed by atoms with Crippen LogP contribution in [0.2, 0.25) is 5.02 Å². The van der Waals surface area contributed by atoms with Gasteiger partial charge >= 0.3 is 0 Å². The number of methoxy groups -OCH3 is 1. The first-order valence-corrected chi connectivity index (χ1v) is 8.42. The Hall–Kier alpha value is -2.78. The number of rotatable bonds is 5. The van der Waals surface area contributed by atoms with E-state index in [1.165, 1.54) is 7.11 Å². The van der Waals surface area contributed by atoms with Gasteiger partial charge in [-0.3, -0.25) is 9.59 Å². The van der Waals surface area contributed by atoms with E-state index in [-0.39, 0.29) is 17.9 Å². The van der Waals surface area contributed by atoms with Crippen LogP contribution in [0.15, 0.2) is 16.9 Å². The van der Waals surface area contributed by atoms with E-state index in [2.05, 4.69) is 10.3 Å². The lowest BCUT2D eigenvalue weighted by molar-refractivity contribution is -0.116. The van der Waals surface area contributed by atoms with Gasteiger partial charge in [0, 0.05) is 23.2 Å². The first-order chi connectivity index (χ1) is 12.3. The monoisotopic (exact) mass is 373 g/mol. The summed E-state index contributed by atoms with van der Waals surface area (Å²) in [6.07, 6.45) is 0.604. The van der Waals surface area contributed by atoms with Gasteiger partial charge in [0.05, 0.1) is 12.8 Å². The molecule has 0 aliphatic rings. The predicted octanol–water partition coefficient (Wildman–Crippen LogP) is 3.41. The van der Waals surface area contributed by atoms with E-state index in [4.69, 9.17) is 21.6 Å². The van der Waals surface area contributed by atoms with E-state index in [0.29, 0.717) is 34.1 Å². The maximum atomic E-state index is 12.4. The van der Waals surface area contributed by atoms with E-state index in [1.54, 1.807) is 26.0 Å². The lowest BCUT2D eigenvalue weighted by atomic mass is 9.99. The minimum atomic E-state index is -0.405. The van der Waals surface area contributed by atoms with Gasteiger partial charge in [-0.2, -0.15) is 5.26 Å². The van der Waals surface area contributed by atoms with Crippen molar-refractivity contribution in [1.29, 1.82) is 5.26 Å². The molecule has 26 heavy (non-hydrogen) atoms. The summed E-state index contributed by atoms with van der Waals surface area (Å²) in [6.45, 7) is 5.32. The molecule has 0 bridgehead atoms. The number of hydrogen-bond donors (Lipinski definition) is 2. The number of H-pyrrole nitrogens is 1. The smallest absolute Gasteiger partial charge is 0.266 e. The molecule has 0 aliphatic carbocycles. The third kappa shape index (κ3) is 4.06. The number of aromatic nitrogens is 1. The lowest BCUT2D eigenvalue weighted by Crippen LogP contribution is -2.18. The Morgan fingerprint density at radius 2 is 2.04 bits per heavy atom. The van der Waals surface area contributed by atoms with Crippen LogP contribution in [0.5, 0.6) is 5.75 Å². The van der Waals surface area contributed by atoms with Gasteiger partial charge in [-0.25, -0.2) is 0 Å². The highest BCUT2D eigenvalue weighted by atomic mass is 35.5. The summed E-state index contributed by atoms with van der Waals surface area (Å²) < 4.78 is 5.25. The van der Waals surface area contributed by atoms with Crippen LogP contribution in [0, 0.1) is 32.1 Å². The molecule has 0 saturated carbocycles. The molecule has 0 aliphatic heterocycles. The van der Waals surface area contributed by atoms with Crippen molar-refractivity contribution >= 4 is 23.2 Å². The topological polar surface area (TPSA) is 95.0 Å². The number of aromatic amines is 1. The van der Waals surface area contributed by atoms with Crippen LogP contribution in [-0.4, -0.2) is 18.0 Å². The standard InChI is InChI=1S/C19H20ClN3O3/c1-10-7-16(17(26-4)8-15(10)20)23-18(24)6-5-13-11(2)14(9-21)19(25)22-12(13)3/h7-8H,5-6H2,1-4H3,(H,22,25)(H,23,24). The highest BCUT2D eigenvalue weighted by Gasteiger charge is 2.15. The third-order valence-electron chi connectivity index (χ3n) is 4.28. The van der Waals surface area contributed by atoms with Crippen molar-refractivity contribution in [3.63, 3.8) is 0 Å². The summed E-state index contributed by atoms with van der Waals surface area (Å²) >= 11 is 6.07. The molecule has 2 rings (SSSR count). The molecule has 0 fully saturated rings. The molecule has 7 heteroatoms. The van der Waals surface area contributed by atoms with Crippen molar-refractivity contribution in [1.82, 2.24) is 4.98 Å². The lowest BCUT2D eigenvalue weighted by Gasteiger charge is -2.13. The normalized spacial score (nSPS) is 10.3. The second-order valence-electron chi connectivity index (χ2n) is 6.02. The van der Waals surface area contributed by atoms with Crippen LogP contribution in [0.4, 0.5) is 5.69 Å². The third-order valence-corrected chi connectivity index (χ3v) is 4.68. The first kappa shape index (κ1) is 19.5. The Morgan fingerprint density at radius 1 is 1.35 bits per heavy atom. The molecule has 1 heterocycles. The fourth-order valence-electron chi connectivity index (χ4n) is 2.80. The van der Waals surface area contributed by atoms with Gasteiger partial charge in [-0.1, -0.05) is 11.6 Å². The molecule has 0 unspecified atom stereocenters. The van der Waals surface area contributed by atoms with Crippen molar-refractivity contribution in [3.8, 4) is 11.8 Å². The molecule has 0 spiro atoms. The largest absolute Gasteiger partial charge is 0.495 e. The molecule has 136 valence electrons. The van der Waals surface area contributed by atoms with Crippen LogP contribution in [0.1, 0.15) is 34.4 Å².